The zero-order chi connectivity index (χ0) is 10.2. The van der Waals surface area contributed by atoms with Gasteiger partial charge >= 0.3 is 0 Å². The second-order valence-electron chi connectivity index (χ2n) is 3.59. The van der Waals surface area contributed by atoms with E-state index in [4.69, 9.17) is 4.74 Å². The first-order valence-corrected chi connectivity index (χ1v) is 6.30. The van der Waals surface area contributed by atoms with Crippen LogP contribution in [0.3, 0.4) is 0 Å². The molecule has 1 heterocycles. The number of aliphatic imine (C=N–C) groups is 1. The summed E-state index contributed by atoms with van der Waals surface area (Å²) in [7, 11) is 0. The van der Waals surface area contributed by atoms with Crippen molar-refractivity contribution < 1.29 is 4.74 Å². The maximum absolute atomic E-state index is 5.45. The monoisotopic (exact) mass is 216 g/mol. The summed E-state index contributed by atoms with van der Waals surface area (Å²) in [5.74, 6) is 1.14. The van der Waals surface area contributed by atoms with E-state index in [2.05, 4.69) is 24.2 Å². The molecule has 0 unspecified atom stereocenters. The molecule has 0 atom stereocenters. The number of amidine groups is 1. The second kappa shape index (κ2) is 7.12. The first-order chi connectivity index (χ1) is 6.79. The molecule has 0 bridgehead atoms. The number of nitrogens with one attached hydrogen (secondary N) is 1. The highest BCUT2D eigenvalue weighted by Crippen LogP contribution is 2.08. The molecule has 82 valence electrons. The summed E-state index contributed by atoms with van der Waals surface area (Å²) < 4.78 is 5.45. The molecule has 1 N–H and O–H groups in total. The molecular formula is C10H20N2OS. The van der Waals surface area contributed by atoms with Crippen molar-refractivity contribution >= 4 is 16.9 Å². The molecule has 0 aromatic carbocycles. The third-order valence-electron chi connectivity index (χ3n) is 1.88. The molecule has 1 aliphatic heterocycles. The van der Waals surface area contributed by atoms with Crippen LogP contribution in [0, 0.1) is 0 Å². The van der Waals surface area contributed by atoms with Crippen LogP contribution in [0.4, 0.5) is 0 Å². The SMILES string of the molecule is CC(C)OCCCCNC1=NCCS1. The average Bonchev–Trinajstić information content (AvgIpc) is 2.63. The number of thioether (sulfide) groups is 1. The van der Waals surface area contributed by atoms with Crippen LogP contribution in [0.25, 0.3) is 0 Å². The Labute approximate surface area is 90.7 Å². The molecule has 0 aliphatic carbocycles. The van der Waals surface area contributed by atoms with Gasteiger partial charge in [-0.15, -0.1) is 0 Å². The van der Waals surface area contributed by atoms with Crippen LogP contribution in [-0.4, -0.2) is 36.7 Å². The van der Waals surface area contributed by atoms with E-state index in [-0.39, 0.29) is 0 Å². The number of nitrogens with zero attached hydrogens (tertiary/aromatic N) is 1. The Balaban J connectivity index is 1.84. The van der Waals surface area contributed by atoms with Crippen LogP contribution in [0.2, 0.25) is 0 Å². The number of ether oxygens (including phenoxy) is 1. The normalized spacial score (nSPS) is 16.1. The maximum atomic E-state index is 5.45. The number of hydrogen-bond acceptors (Lipinski definition) is 4. The van der Waals surface area contributed by atoms with Gasteiger partial charge < -0.3 is 10.1 Å². The first kappa shape index (κ1) is 11.9. The van der Waals surface area contributed by atoms with Crippen molar-refractivity contribution in [3.63, 3.8) is 0 Å². The van der Waals surface area contributed by atoms with Gasteiger partial charge in [0.2, 0.25) is 0 Å². The third-order valence-corrected chi connectivity index (χ3v) is 2.82. The Hall–Kier alpha value is -0.220. The van der Waals surface area contributed by atoms with Crippen LogP contribution < -0.4 is 5.32 Å². The van der Waals surface area contributed by atoms with E-state index in [1.54, 1.807) is 0 Å². The van der Waals surface area contributed by atoms with E-state index in [1.807, 2.05) is 11.8 Å². The van der Waals surface area contributed by atoms with Gasteiger partial charge in [0.15, 0.2) is 5.17 Å². The highest BCUT2D eigenvalue weighted by Gasteiger charge is 2.04. The lowest BCUT2D eigenvalue weighted by molar-refractivity contribution is 0.0762. The summed E-state index contributed by atoms with van der Waals surface area (Å²) in [5.41, 5.74) is 0. The van der Waals surface area contributed by atoms with Crippen LogP contribution in [0.1, 0.15) is 26.7 Å². The molecule has 0 saturated carbocycles. The summed E-state index contributed by atoms with van der Waals surface area (Å²) in [4.78, 5) is 4.32. The molecular weight excluding hydrogens is 196 g/mol. The summed E-state index contributed by atoms with van der Waals surface area (Å²) in [6.45, 7) is 7.01. The number of rotatable bonds is 6. The Morgan fingerprint density at radius 2 is 2.36 bits per heavy atom. The molecule has 0 fully saturated rings. The van der Waals surface area contributed by atoms with Crippen LogP contribution in [0.15, 0.2) is 4.99 Å². The molecule has 4 heteroatoms. The largest absolute Gasteiger partial charge is 0.379 e. The standard InChI is InChI=1S/C10H20N2OS/c1-9(2)13-7-4-3-5-11-10-12-6-8-14-10/h9H,3-8H2,1-2H3,(H,11,12). The van der Waals surface area contributed by atoms with Gasteiger partial charge in [-0.2, -0.15) is 0 Å². The van der Waals surface area contributed by atoms with Gasteiger partial charge in [0, 0.05) is 18.9 Å². The van der Waals surface area contributed by atoms with E-state index < -0.39 is 0 Å². The Kier molecular flexibility index (Phi) is 6.03. The van der Waals surface area contributed by atoms with E-state index in [0.29, 0.717) is 6.10 Å². The molecule has 0 radical (unpaired) electrons. The van der Waals surface area contributed by atoms with E-state index >= 15 is 0 Å². The van der Waals surface area contributed by atoms with Gasteiger partial charge in [0.05, 0.1) is 12.6 Å². The fourth-order valence-corrected chi connectivity index (χ4v) is 1.95. The third kappa shape index (κ3) is 5.50. The highest BCUT2D eigenvalue weighted by molar-refractivity contribution is 8.14. The Morgan fingerprint density at radius 1 is 1.50 bits per heavy atom. The summed E-state index contributed by atoms with van der Waals surface area (Å²) in [6.07, 6.45) is 2.65. The van der Waals surface area contributed by atoms with Gasteiger partial charge in [0.25, 0.3) is 0 Å². The van der Waals surface area contributed by atoms with Crippen molar-refractivity contribution in [2.45, 2.75) is 32.8 Å². The molecule has 0 saturated heterocycles. The average molecular weight is 216 g/mol. The fourth-order valence-electron chi connectivity index (χ4n) is 1.18. The van der Waals surface area contributed by atoms with Crippen molar-refractivity contribution in [1.29, 1.82) is 0 Å². The highest BCUT2D eigenvalue weighted by atomic mass is 32.2. The molecule has 3 nitrogen and oxygen atoms in total. The van der Waals surface area contributed by atoms with Crippen LogP contribution in [-0.2, 0) is 4.74 Å². The summed E-state index contributed by atoms with van der Waals surface area (Å²) in [6, 6.07) is 0. The molecule has 14 heavy (non-hydrogen) atoms. The van der Waals surface area contributed by atoms with Crippen molar-refractivity contribution in [3.8, 4) is 0 Å². The molecule has 1 aliphatic rings. The van der Waals surface area contributed by atoms with Crippen molar-refractivity contribution in [3.05, 3.63) is 0 Å². The lowest BCUT2D eigenvalue weighted by Crippen LogP contribution is -2.20. The van der Waals surface area contributed by atoms with Crippen molar-refractivity contribution in [2.24, 2.45) is 4.99 Å². The lowest BCUT2D eigenvalue weighted by Gasteiger charge is -2.07. The molecule has 0 aromatic rings. The zero-order valence-corrected chi connectivity index (χ0v) is 9.90. The maximum Gasteiger partial charge on any atom is 0.156 e. The van der Waals surface area contributed by atoms with E-state index in [0.717, 1.165) is 43.5 Å². The molecule has 1 rings (SSSR count). The quantitative estimate of drug-likeness (QED) is 0.688. The predicted octanol–water partition coefficient (Wildman–Crippen LogP) is 1.88. The Bertz CT molecular complexity index is 183. The van der Waals surface area contributed by atoms with E-state index in [1.165, 1.54) is 0 Å². The minimum absolute atomic E-state index is 0.359. The topological polar surface area (TPSA) is 33.6 Å². The second-order valence-corrected chi connectivity index (χ2v) is 4.67. The Morgan fingerprint density at radius 3 is 3.00 bits per heavy atom. The van der Waals surface area contributed by atoms with Crippen molar-refractivity contribution in [2.75, 3.05) is 25.4 Å². The minimum Gasteiger partial charge on any atom is -0.379 e. The van der Waals surface area contributed by atoms with E-state index in [9.17, 15) is 0 Å². The summed E-state index contributed by atoms with van der Waals surface area (Å²) >= 11 is 1.82. The molecule has 0 amide bonds. The van der Waals surface area contributed by atoms with Crippen LogP contribution in [0.5, 0.6) is 0 Å². The van der Waals surface area contributed by atoms with Gasteiger partial charge in [-0.05, 0) is 26.7 Å². The lowest BCUT2D eigenvalue weighted by atomic mass is 10.3. The number of hydrogen-bond donors (Lipinski definition) is 1. The number of unbranched alkanes of at least 4 members (excludes halogenated alkanes) is 1. The van der Waals surface area contributed by atoms with Gasteiger partial charge in [-0.1, -0.05) is 11.8 Å². The predicted molar refractivity (Wildman–Crippen MR) is 63.1 cm³/mol. The van der Waals surface area contributed by atoms with Crippen LogP contribution >= 0.6 is 11.8 Å². The van der Waals surface area contributed by atoms with Gasteiger partial charge in [-0.3, -0.25) is 4.99 Å². The van der Waals surface area contributed by atoms with Crippen molar-refractivity contribution in [1.82, 2.24) is 5.32 Å². The summed E-state index contributed by atoms with van der Waals surface area (Å²) in [5, 5.41) is 4.45. The van der Waals surface area contributed by atoms with Gasteiger partial charge in [-0.25, -0.2) is 0 Å². The molecule has 0 aromatic heterocycles. The smallest absolute Gasteiger partial charge is 0.156 e. The molecule has 0 spiro atoms. The minimum atomic E-state index is 0.359. The van der Waals surface area contributed by atoms with Gasteiger partial charge in [0.1, 0.15) is 0 Å². The fraction of sp³-hybridized carbons (Fsp3) is 0.900. The zero-order valence-electron chi connectivity index (χ0n) is 9.08. The first-order valence-electron chi connectivity index (χ1n) is 5.32.